The molecule has 0 unspecified atom stereocenters. The number of rotatable bonds is 7. The third-order valence-corrected chi connectivity index (χ3v) is 8.74. The normalized spacial score (nSPS) is 15.3. The maximum atomic E-state index is 14.7. The van der Waals surface area contributed by atoms with Crippen molar-refractivity contribution in [1.82, 2.24) is 39.3 Å². The summed E-state index contributed by atoms with van der Waals surface area (Å²) < 4.78 is 44.1. The third kappa shape index (κ3) is 4.93. The van der Waals surface area contributed by atoms with Crippen molar-refractivity contribution in [3.8, 4) is 28.2 Å². The molecule has 0 atom stereocenters. The van der Waals surface area contributed by atoms with Crippen LogP contribution < -0.4 is 5.73 Å². The van der Waals surface area contributed by atoms with E-state index in [1.165, 1.54) is 16.8 Å². The number of hydrogen-bond donors (Lipinski definition) is 1. The van der Waals surface area contributed by atoms with Gasteiger partial charge in [-0.1, -0.05) is 24.6 Å². The van der Waals surface area contributed by atoms with Crippen molar-refractivity contribution in [2.75, 3.05) is 24.6 Å². The quantitative estimate of drug-likeness (QED) is 0.373. The molecule has 0 amide bonds. The third-order valence-electron chi connectivity index (χ3n) is 6.38. The lowest BCUT2D eigenvalue weighted by Gasteiger charge is -2.31. The van der Waals surface area contributed by atoms with Crippen LogP contribution in [-0.4, -0.2) is 66.5 Å². The highest BCUT2D eigenvalue weighted by molar-refractivity contribution is 7.89. The summed E-state index contributed by atoms with van der Waals surface area (Å²) in [6, 6.07) is 6.40. The molecule has 1 fully saturated rings. The first-order valence-corrected chi connectivity index (χ1v) is 13.8. The van der Waals surface area contributed by atoms with Crippen LogP contribution in [0.1, 0.15) is 32.2 Å². The summed E-state index contributed by atoms with van der Waals surface area (Å²) in [5.74, 6) is -0.102. The molecule has 3 aromatic heterocycles. The molecule has 37 heavy (non-hydrogen) atoms. The Labute approximate surface area is 218 Å². The number of sulfonamides is 1. The predicted molar refractivity (Wildman–Crippen MR) is 137 cm³/mol. The Balaban J connectivity index is 1.40. The molecule has 0 radical (unpaired) electrons. The van der Waals surface area contributed by atoms with E-state index in [1.807, 2.05) is 17.8 Å². The van der Waals surface area contributed by atoms with Gasteiger partial charge in [0.15, 0.2) is 11.6 Å². The van der Waals surface area contributed by atoms with Gasteiger partial charge in [0.05, 0.1) is 28.6 Å². The largest absolute Gasteiger partial charge is 0.383 e. The predicted octanol–water partition coefficient (Wildman–Crippen LogP) is 3.34. The summed E-state index contributed by atoms with van der Waals surface area (Å²) in [7, 11) is -3.20. The van der Waals surface area contributed by atoms with Crippen LogP contribution in [0.4, 0.5) is 10.2 Å². The molecule has 0 spiro atoms. The molecule has 0 aliphatic carbocycles. The summed E-state index contributed by atoms with van der Waals surface area (Å²) >= 11 is 5.94. The average molecular weight is 546 g/mol. The first-order chi connectivity index (χ1) is 17.8. The first kappa shape index (κ1) is 25.2. The number of piperidine rings is 1. The molecule has 4 heterocycles. The molecule has 1 saturated heterocycles. The van der Waals surface area contributed by atoms with Gasteiger partial charge in [0.25, 0.3) is 0 Å². The smallest absolute Gasteiger partial charge is 0.214 e. The van der Waals surface area contributed by atoms with Gasteiger partial charge in [-0.2, -0.15) is 9.78 Å². The van der Waals surface area contributed by atoms with Crippen LogP contribution in [0, 0.1) is 5.82 Å². The molecule has 1 aliphatic heterocycles. The van der Waals surface area contributed by atoms with Gasteiger partial charge in [-0.25, -0.2) is 22.1 Å². The van der Waals surface area contributed by atoms with E-state index in [2.05, 4.69) is 25.6 Å². The van der Waals surface area contributed by atoms with Gasteiger partial charge < -0.3 is 5.73 Å². The van der Waals surface area contributed by atoms with Gasteiger partial charge in [-0.15, -0.1) is 5.10 Å². The van der Waals surface area contributed by atoms with E-state index in [4.69, 9.17) is 17.3 Å². The number of hydrogen-bond acceptors (Lipinski definition) is 8. The molecule has 0 bridgehead atoms. The summed E-state index contributed by atoms with van der Waals surface area (Å²) in [6.07, 6.45) is 7.19. The Morgan fingerprint density at radius 3 is 2.73 bits per heavy atom. The van der Waals surface area contributed by atoms with E-state index < -0.39 is 15.8 Å². The van der Waals surface area contributed by atoms with Crippen LogP contribution >= 0.6 is 11.6 Å². The fourth-order valence-corrected chi connectivity index (χ4v) is 6.16. The van der Waals surface area contributed by atoms with E-state index in [1.54, 1.807) is 28.8 Å². The molecule has 1 aromatic carbocycles. The van der Waals surface area contributed by atoms with Gasteiger partial charge in [0.2, 0.25) is 10.0 Å². The fourth-order valence-electron chi connectivity index (χ4n) is 4.44. The Kier molecular flexibility index (Phi) is 6.92. The van der Waals surface area contributed by atoms with Crippen molar-refractivity contribution >= 4 is 27.4 Å². The SMILES string of the molecule is CCCS(=O)(=O)N1CCC(n2cc(-c3cnc(N)c(-c4nnnn4-c4cccc(Cl)c4F)c3)cn2)CC1. The molecule has 1 aliphatic rings. The average Bonchev–Trinajstić information content (AvgIpc) is 3.57. The van der Waals surface area contributed by atoms with Crippen molar-refractivity contribution in [2.45, 2.75) is 32.2 Å². The van der Waals surface area contributed by atoms with Crippen LogP contribution in [0.2, 0.25) is 5.02 Å². The maximum absolute atomic E-state index is 14.7. The number of nitrogens with two attached hydrogens (primary N) is 1. The zero-order valence-electron chi connectivity index (χ0n) is 20.0. The van der Waals surface area contributed by atoms with Crippen LogP contribution in [0.15, 0.2) is 42.9 Å². The van der Waals surface area contributed by atoms with Gasteiger partial charge >= 0.3 is 0 Å². The molecule has 4 aromatic rings. The molecule has 0 saturated carbocycles. The first-order valence-electron chi connectivity index (χ1n) is 11.8. The molecular weight excluding hydrogens is 521 g/mol. The second-order valence-corrected chi connectivity index (χ2v) is 11.3. The summed E-state index contributed by atoms with van der Waals surface area (Å²) in [6.45, 7) is 2.81. The summed E-state index contributed by atoms with van der Waals surface area (Å²) in [5.41, 5.74) is 8.17. The number of tetrazole rings is 1. The van der Waals surface area contributed by atoms with Gasteiger partial charge in [-0.3, -0.25) is 4.68 Å². The summed E-state index contributed by atoms with van der Waals surface area (Å²) in [4.78, 5) is 4.30. The topological polar surface area (TPSA) is 138 Å². The van der Waals surface area contributed by atoms with Crippen molar-refractivity contribution in [1.29, 1.82) is 0 Å². The number of aromatic nitrogens is 7. The zero-order chi connectivity index (χ0) is 26.2. The molecule has 2 N–H and O–H groups in total. The van der Waals surface area contributed by atoms with Crippen molar-refractivity contribution in [3.05, 3.63) is 53.7 Å². The van der Waals surface area contributed by atoms with E-state index >= 15 is 0 Å². The maximum Gasteiger partial charge on any atom is 0.214 e. The van der Waals surface area contributed by atoms with Gasteiger partial charge in [0, 0.05) is 36.6 Å². The van der Waals surface area contributed by atoms with Crippen molar-refractivity contribution in [2.24, 2.45) is 0 Å². The number of pyridine rings is 1. The van der Waals surface area contributed by atoms with E-state index in [9.17, 15) is 12.8 Å². The van der Waals surface area contributed by atoms with Gasteiger partial charge in [0.1, 0.15) is 11.5 Å². The lowest BCUT2D eigenvalue weighted by atomic mass is 10.1. The molecule has 11 nitrogen and oxygen atoms in total. The minimum absolute atomic E-state index is 0.0555. The van der Waals surface area contributed by atoms with E-state index in [-0.39, 0.29) is 34.1 Å². The number of nitrogens with zero attached hydrogens (tertiary/aromatic N) is 8. The highest BCUT2D eigenvalue weighted by Crippen LogP contribution is 2.32. The second kappa shape index (κ2) is 10.1. The lowest BCUT2D eigenvalue weighted by Crippen LogP contribution is -2.40. The van der Waals surface area contributed by atoms with Crippen molar-refractivity contribution < 1.29 is 12.8 Å². The minimum Gasteiger partial charge on any atom is -0.383 e. The Morgan fingerprint density at radius 1 is 1.19 bits per heavy atom. The van der Waals surface area contributed by atoms with Crippen LogP contribution in [0.25, 0.3) is 28.2 Å². The van der Waals surface area contributed by atoms with Gasteiger partial charge in [-0.05, 0) is 47.9 Å². The molecular formula is C23H25ClFN9O2S. The standard InChI is InChI=1S/C23H25ClFN9O2S/c1-2-10-37(35,36)32-8-6-17(7-9-32)33-14-16(13-28-33)15-11-18(22(26)27-12-15)23-29-30-31-34(23)20-5-3-4-19(24)21(20)25/h3-5,11-14,17H,2,6-10H2,1H3,(H2,26,27). The summed E-state index contributed by atoms with van der Waals surface area (Å²) in [5, 5.41) is 16.1. The number of benzene rings is 1. The van der Waals surface area contributed by atoms with Crippen LogP contribution in [0.5, 0.6) is 0 Å². The molecule has 5 rings (SSSR count). The Morgan fingerprint density at radius 2 is 1.97 bits per heavy atom. The molecule has 194 valence electrons. The monoisotopic (exact) mass is 545 g/mol. The van der Waals surface area contributed by atoms with Crippen molar-refractivity contribution in [3.63, 3.8) is 0 Å². The van der Waals surface area contributed by atoms with Crippen LogP contribution in [0.3, 0.4) is 0 Å². The lowest BCUT2D eigenvalue weighted by molar-refractivity contribution is 0.261. The number of anilines is 1. The highest BCUT2D eigenvalue weighted by atomic mass is 35.5. The fraction of sp³-hybridized carbons (Fsp3) is 0.348. The second-order valence-electron chi connectivity index (χ2n) is 8.80. The van der Waals surface area contributed by atoms with E-state index in [0.29, 0.717) is 37.9 Å². The zero-order valence-corrected chi connectivity index (χ0v) is 21.6. The highest BCUT2D eigenvalue weighted by Gasteiger charge is 2.28. The number of halogens is 2. The minimum atomic E-state index is -3.20. The van der Waals surface area contributed by atoms with E-state index in [0.717, 1.165) is 11.1 Å². The molecule has 14 heteroatoms. The Bertz CT molecular complexity index is 1530. The number of nitrogen functional groups attached to an aromatic ring is 1. The van der Waals surface area contributed by atoms with Crippen LogP contribution in [-0.2, 0) is 10.0 Å². The Hall–Kier alpha value is -3.42.